The fraction of sp³-hybridized carbons (Fsp3) is 0.222. The molecule has 112 valence electrons. The molecule has 0 radical (unpaired) electrons. The van der Waals surface area contributed by atoms with E-state index in [4.69, 9.17) is 0 Å². The third kappa shape index (κ3) is 2.20. The van der Waals surface area contributed by atoms with Crippen LogP contribution in [-0.4, -0.2) is 19.0 Å². The van der Waals surface area contributed by atoms with Gasteiger partial charge in [0.2, 0.25) is 5.91 Å². The first-order chi connectivity index (χ1) is 10.4. The average molecular weight is 308 g/mol. The summed E-state index contributed by atoms with van der Waals surface area (Å²) in [5.74, 6) is -0.115. The second kappa shape index (κ2) is 5.21. The molecule has 0 aliphatic carbocycles. The first-order valence-corrected chi connectivity index (χ1v) is 10.4. The summed E-state index contributed by atoms with van der Waals surface area (Å²) in [6, 6.07) is 10.4. The van der Waals surface area contributed by atoms with Crippen LogP contribution in [0.5, 0.6) is 0 Å². The summed E-state index contributed by atoms with van der Waals surface area (Å²) in [4.78, 5) is 16.5. The molecule has 3 rings (SSSR count). The van der Waals surface area contributed by atoms with Gasteiger partial charge in [-0.05, 0) is 34.5 Å². The minimum Gasteiger partial charge on any atom is -0.341 e. The van der Waals surface area contributed by atoms with Gasteiger partial charge in [0.05, 0.1) is 6.04 Å². The molecular formula is C18H20N2OSi. The highest BCUT2D eigenvalue weighted by molar-refractivity contribution is 7.01. The Kier molecular flexibility index (Phi) is 3.49. The van der Waals surface area contributed by atoms with Crippen LogP contribution < -0.4 is 15.7 Å². The Morgan fingerprint density at radius 2 is 1.86 bits per heavy atom. The van der Waals surface area contributed by atoms with Crippen LogP contribution in [-0.2, 0) is 4.79 Å². The van der Waals surface area contributed by atoms with Crippen molar-refractivity contribution in [1.29, 1.82) is 0 Å². The van der Waals surface area contributed by atoms with Gasteiger partial charge in [0.25, 0.3) is 0 Å². The number of nitrogens with one attached hydrogen (secondary N) is 1. The summed E-state index contributed by atoms with van der Waals surface area (Å²) in [6.45, 7) is 10.2. The predicted molar refractivity (Wildman–Crippen MR) is 92.2 cm³/mol. The van der Waals surface area contributed by atoms with Crippen LogP contribution in [0, 0.1) is 0 Å². The summed E-state index contributed by atoms with van der Waals surface area (Å²) in [5, 5.41) is 5.83. The van der Waals surface area contributed by atoms with Crippen molar-refractivity contribution in [1.82, 2.24) is 10.3 Å². The molecule has 1 aromatic heterocycles. The van der Waals surface area contributed by atoms with E-state index in [2.05, 4.69) is 54.2 Å². The molecule has 0 bridgehead atoms. The van der Waals surface area contributed by atoms with Crippen molar-refractivity contribution in [2.24, 2.45) is 0 Å². The SMILES string of the molecule is C=C(C)C(=O)NC1c2ccccc2[Si](C)(C)c2ccncc21. The van der Waals surface area contributed by atoms with Gasteiger partial charge in [0, 0.05) is 18.0 Å². The molecule has 2 aromatic rings. The van der Waals surface area contributed by atoms with Crippen LogP contribution in [0.4, 0.5) is 0 Å². The van der Waals surface area contributed by atoms with Crippen LogP contribution in [0.1, 0.15) is 24.1 Å². The Bertz CT molecular complexity index is 718. The van der Waals surface area contributed by atoms with Gasteiger partial charge in [-0.25, -0.2) is 0 Å². The number of carbonyl (C=O) groups is 1. The minimum atomic E-state index is -1.77. The monoisotopic (exact) mass is 308 g/mol. The van der Waals surface area contributed by atoms with Crippen LogP contribution in [0.15, 0.2) is 54.9 Å². The van der Waals surface area contributed by atoms with E-state index in [9.17, 15) is 4.79 Å². The van der Waals surface area contributed by atoms with Crippen LogP contribution in [0.2, 0.25) is 13.1 Å². The standard InChI is InChI=1S/C18H20N2OSi/c1-12(2)18(21)20-17-13-7-5-6-8-15(13)22(3,4)16-9-10-19-11-14(16)17/h5-11,17H,1H2,2-4H3,(H,20,21). The van der Waals surface area contributed by atoms with Gasteiger partial charge in [-0.1, -0.05) is 43.9 Å². The number of carbonyl (C=O) groups excluding carboxylic acids is 1. The van der Waals surface area contributed by atoms with Crippen molar-refractivity contribution in [3.63, 3.8) is 0 Å². The molecule has 1 unspecified atom stereocenters. The van der Waals surface area contributed by atoms with Crippen molar-refractivity contribution in [3.8, 4) is 0 Å². The van der Waals surface area contributed by atoms with Gasteiger partial charge in [-0.2, -0.15) is 0 Å². The Morgan fingerprint density at radius 1 is 1.18 bits per heavy atom. The lowest BCUT2D eigenvalue weighted by Crippen LogP contribution is -2.60. The summed E-state index contributed by atoms with van der Waals surface area (Å²) in [6.07, 6.45) is 3.74. The van der Waals surface area contributed by atoms with Crippen LogP contribution in [0.25, 0.3) is 0 Å². The summed E-state index contributed by atoms with van der Waals surface area (Å²) in [5.41, 5.74) is 2.83. The predicted octanol–water partition coefficient (Wildman–Crippen LogP) is 2.00. The zero-order valence-corrected chi connectivity index (χ0v) is 14.2. The lowest BCUT2D eigenvalue weighted by atomic mass is 9.98. The number of pyridine rings is 1. The molecule has 0 saturated heterocycles. The highest BCUT2D eigenvalue weighted by Gasteiger charge is 2.39. The Labute approximate surface area is 132 Å². The molecule has 4 heteroatoms. The zero-order chi connectivity index (χ0) is 15.9. The van der Waals surface area contributed by atoms with E-state index >= 15 is 0 Å². The van der Waals surface area contributed by atoms with Gasteiger partial charge >= 0.3 is 0 Å². The lowest BCUT2D eigenvalue weighted by molar-refractivity contribution is -0.117. The normalized spacial score (nSPS) is 18.0. The highest BCUT2D eigenvalue weighted by atomic mass is 28.3. The Morgan fingerprint density at radius 3 is 2.59 bits per heavy atom. The Balaban J connectivity index is 2.20. The minimum absolute atomic E-state index is 0.115. The first kappa shape index (κ1) is 14.7. The second-order valence-electron chi connectivity index (χ2n) is 6.36. The molecule has 3 nitrogen and oxygen atoms in total. The molecule has 0 fully saturated rings. The number of amides is 1. The van der Waals surface area contributed by atoms with E-state index in [-0.39, 0.29) is 11.9 Å². The molecule has 1 aliphatic heterocycles. The molecule has 1 atom stereocenters. The smallest absolute Gasteiger partial charge is 0.247 e. The van der Waals surface area contributed by atoms with Crippen molar-refractivity contribution >= 4 is 24.4 Å². The number of fused-ring (bicyclic) bond motifs is 2. The van der Waals surface area contributed by atoms with Crippen LogP contribution in [0.3, 0.4) is 0 Å². The van der Waals surface area contributed by atoms with E-state index in [0.717, 1.165) is 5.56 Å². The third-order valence-electron chi connectivity index (χ3n) is 4.44. The number of benzene rings is 1. The summed E-state index contributed by atoms with van der Waals surface area (Å²) >= 11 is 0. The zero-order valence-electron chi connectivity index (χ0n) is 13.2. The maximum absolute atomic E-state index is 12.2. The molecule has 0 spiro atoms. The Hall–Kier alpha value is -2.20. The van der Waals surface area contributed by atoms with E-state index in [1.54, 1.807) is 6.92 Å². The second-order valence-corrected chi connectivity index (χ2v) is 10.7. The first-order valence-electron chi connectivity index (χ1n) is 7.43. The molecule has 2 heterocycles. The fourth-order valence-electron chi connectivity index (χ4n) is 3.25. The molecule has 22 heavy (non-hydrogen) atoms. The lowest BCUT2D eigenvalue weighted by Gasteiger charge is -2.38. The van der Waals surface area contributed by atoms with E-state index < -0.39 is 8.07 Å². The molecule has 1 N–H and O–H groups in total. The van der Waals surface area contributed by atoms with Gasteiger partial charge in [-0.15, -0.1) is 0 Å². The van der Waals surface area contributed by atoms with E-state index in [1.165, 1.54) is 15.9 Å². The quantitative estimate of drug-likeness (QED) is 0.681. The van der Waals surface area contributed by atoms with Crippen molar-refractivity contribution < 1.29 is 4.79 Å². The fourth-order valence-corrected chi connectivity index (χ4v) is 6.42. The molecule has 0 saturated carbocycles. The molecular weight excluding hydrogens is 288 g/mol. The number of hydrogen-bond acceptors (Lipinski definition) is 2. The number of nitrogens with zero attached hydrogens (tertiary/aromatic N) is 1. The molecule has 1 amide bonds. The summed E-state index contributed by atoms with van der Waals surface area (Å²) in [7, 11) is -1.77. The molecule has 1 aliphatic rings. The van der Waals surface area contributed by atoms with Crippen LogP contribution >= 0.6 is 0 Å². The van der Waals surface area contributed by atoms with E-state index in [1.807, 2.05) is 18.5 Å². The summed E-state index contributed by atoms with van der Waals surface area (Å²) < 4.78 is 0. The number of aromatic nitrogens is 1. The topological polar surface area (TPSA) is 42.0 Å². The number of hydrogen-bond donors (Lipinski definition) is 1. The van der Waals surface area contributed by atoms with E-state index in [0.29, 0.717) is 5.57 Å². The third-order valence-corrected chi connectivity index (χ3v) is 8.05. The maximum Gasteiger partial charge on any atom is 0.247 e. The average Bonchev–Trinajstić information content (AvgIpc) is 2.51. The largest absolute Gasteiger partial charge is 0.341 e. The maximum atomic E-state index is 12.2. The molecule has 1 aromatic carbocycles. The van der Waals surface area contributed by atoms with Gasteiger partial charge in [-0.3, -0.25) is 9.78 Å². The van der Waals surface area contributed by atoms with Crippen molar-refractivity contribution in [2.75, 3.05) is 0 Å². The van der Waals surface area contributed by atoms with Crippen molar-refractivity contribution in [2.45, 2.75) is 26.1 Å². The highest BCUT2D eigenvalue weighted by Crippen LogP contribution is 2.27. The van der Waals surface area contributed by atoms with Crippen molar-refractivity contribution in [3.05, 3.63) is 66.0 Å². The van der Waals surface area contributed by atoms with Gasteiger partial charge < -0.3 is 5.32 Å². The number of rotatable bonds is 2. The van der Waals surface area contributed by atoms with Gasteiger partial charge in [0.1, 0.15) is 8.07 Å². The van der Waals surface area contributed by atoms with Gasteiger partial charge in [0.15, 0.2) is 0 Å².